The summed E-state index contributed by atoms with van der Waals surface area (Å²) in [5.74, 6) is 0.204. The van der Waals surface area contributed by atoms with E-state index < -0.39 is 5.82 Å². The number of anilines is 1. The predicted molar refractivity (Wildman–Crippen MR) is 76.7 cm³/mol. The minimum Gasteiger partial charge on any atom is -0.497 e. The summed E-state index contributed by atoms with van der Waals surface area (Å²) in [5.41, 5.74) is 1.74. The summed E-state index contributed by atoms with van der Waals surface area (Å²) in [6.07, 6.45) is 0. The molecule has 0 unspecified atom stereocenters. The smallest absolute Gasteiger partial charge is 0.160 e. The Bertz CT molecular complexity index is 549. The molecule has 2 rings (SSSR count). The molecule has 0 saturated carbocycles. The lowest BCUT2D eigenvalue weighted by atomic mass is 10.2. The molecule has 1 N–H and O–H groups in total. The molecule has 19 heavy (non-hydrogen) atoms. The van der Waals surface area contributed by atoms with Crippen LogP contribution >= 0.6 is 23.2 Å². The lowest BCUT2D eigenvalue weighted by Crippen LogP contribution is -2.00. The monoisotopic (exact) mass is 299 g/mol. The van der Waals surface area contributed by atoms with E-state index in [2.05, 4.69) is 5.32 Å². The van der Waals surface area contributed by atoms with Crippen molar-refractivity contribution in [2.24, 2.45) is 0 Å². The highest BCUT2D eigenvalue weighted by Gasteiger charge is 2.07. The quantitative estimate of drug-likeness (QED) is 0.822. The van der Waals surface area contributed by atoms with Crippen LogP contribution in [-0.4, -0.2) is 7.11 Å². The van der Waals surface area contributed by atoms with Crippen molar-refractivity contribution in [3.63, 3.8) is 0 Å². The van der Waals surface area contributed by atoms with Crippen molar-refractivity contribution < 1.29 is 9.13 Å². The molecule has 0 radical (unpaired) electrons. The van der Waals surface area contributed by atoms with Gasteiger partial charge in [-0.2, -0.15) is 0 Å². The van der Waals surface area contributed by atoms with Gasteiger partial charge in [0.25, 0.3) is 0 Å². The third-order valence-electron chi connectivity index (χ3n) is 2.64. The first-order valence-electron chi connectivity index (χ1n) is 5.61. The lowest BCUT2D eigenvalue weighted by molar-refractivity contribution is 0.414. The van der Waals surface area contributed by atoms with Crippen LogP contribution in [0.5, 0.6) is 5.75 Å². The van der Waals surface area contributed by atoms with Crippen LogP contribution in [0.15, 0.2) is 36.4 Å². The van der Waals surface area contributed by atoms with Crippen LogP contribution in [0.4, 0.5) is 10.1 Å². The van der Waals surface area contributed by atoms with E-state index >= 15 is 0 Å². The first kappa shape index (κ1) is 14.0. The molecule has 0 fully saturated rings. The molecule has 0 aromatic heterocycles. The molecule has 0 aliphatic carbocycles. The van der Waals surface area contributed by atoms with Crippen molar-refractivity contribution in [3.05, 3.63) is 57.8 Å². The van der Waals surface area contributed by atoms with Crippen LogP contribution in [-0.2, 0) is 6.54 Å². The fourth-order valence-electron chi connectivity index (χ4n) is 1.61. The average molecular weight is 300 g/mol. The summed E-state index contributed by atoms with van der Waals surface area (Å²) < 4.78 is 18.3. The molecule has 0 heterocycles. The van der Waals surface area contributed by atoms with Crippen LogP contribution in [0, 0.1) is 5.82 Å². The van der Waals surface area contributed by atoms with Crippen molar-refractivity contribution in [1.82, 2.24) is 0 Å². The molecule has 2 aromatic carbocycles. The Morgan fingerprint density at radius 1 is 1.11 bits per heavy atom. The number of halogens is 3. The Morgan fingerprint density at radius 2 is 1.68 bits per heavy atom. The topological polar surface area (TPSA) is 21.3 Å². The third-order valence-corrected chi connectivity index (χ3v) is 3.19. The summed E-state index contributed by atoms with van der Waals surface area (Å²) in [4.78, 5) is 0. The minimum absolute atomic E-state index is 0.00438. The van der Waals surface area contributed by atoms with Gasteiger partial charge in [-0.1, -0.05) is 35.3 Å². The molecular formula is C14H12Cl2FNO. The normalized spacial score (nSPS) is 10.3. The van der Waals surface area contributed by atoms with Gasteiger partial charge in [-0.25, -0.2) is 4.39 Å². The number of ether oxygens (including phenoxy) is 1. The van der Waals surface area contributed by atoms with Gasteiger partial charge in [0.15, 0.2) is 5.82 Å². The second-order valence-corrected chi connectivity index (χ2v) is 4.77. The molecule has 2 nitrogen and oxygen atoms in total. The van der Waals surface area contributed by atoms with E-state index in [9.17, 15) is 4.39 Å². The molecule has 5 heteroatoms. The summed E-state index contributed by atoms with van der Waals surface area (Å²) in [5, 5.41) is 3.14. The SMILES string of the molecule is COc1ccc(CNc2cc(Cl)c(F)c(Cl)c2)cc1. The summed E-state index contributed by atoms with van der Waals surface area (Å²) in [6, 6.07) is 10.7. The Balaban J connectivity index is 2.05. The first-order chi connectivity index (χ1) is 9.10. The van der Waals surface area contributed by atoms with Gasteiger partial charge < -0.3 is 10.1 Å². The fraction of sp³-hybridized carbons (Fsp3) is 0.143. The Morgan fingerprint density at radius 3 is 2.21 bits per heavy atom. The average Bonchev–Trinajstić information content (AvgIpc) is 2.43. The van der Waals surface area contributed by atoms with Gasteiger partial charge in [0.2, 0.25) is 0 Å². The van der Waals surface area contributed by atoms with Gasteiger partial charge in [0.1, 0.15) is 5.75 Å². The molecule has 0 aliphatic heterocycles. The highest BCUT2D eigenvalue weighted by atomic mass is 35.5. The van der Waals surface area contributed by atoms with Crippen molar-refractivity contribution >= 4 is 28.9 Å². The van der Waals surface area contributed by atoms with E-state index in [-0.39, 0.29) is 10.0 Å². The zero-order chi connectivity index (χ0) is 13.8. The van der Waals surface area contributed by atoms with E-state index in [1.54, 1.807) is 7.11 Å². The fourth-order valence-corrected chi connectivity index (χ4v) is 2.09. The highest BCUT2D eigenvalue weighted by Crippen LogP contribution is 2.27. The molecule has 2 aromatic rings. The van der Waals surface area contributed by atoms with E-state index in [4.69, 9.17) is 27.9 Å². The molecule has 0 saturated heterocycles. The molecule has 0 atom stereocenters. The van der Waals surface area contributed by atoms with Gasteiger partial charge in [-0.15, -0.1) is 0 Å². The van der Waals surface area contributed by atoms with Gasteiger partial charge in [-0.05, 0) is 29.8 Å². The number of hydrogen-bond acceptors (Lipinski definition) is 2. The molecule has 0 spiro atoms. The molecule has 0 amide bonds. The maximum Gasteiger partial charge on any atom is 0.160 e. The number of benzene rings is 2. The summed E-state index contributed by atoms with van der Waals surface area (Å²) in [6.45, 7) is 0.586. The number of hydrogen-bond donors (Lipinski definition) is 1. The number of nitrogens with one attached hydrogen (secondary N) is 1. The van der Waals surface area contributed by atoms with Crippen LogP contribution < -0.4 is 10.1 Å². The Hall–Kier alpha value is -1.45. The Labute approximate surface area is 121 Å². The van der Waals surface area contributed by atoms with Gasteiger partial charge in [0.05, 0.1) is 17.2 Å². The first-order valence-corrected chi connectivity index (χ1v) is 6.37. The molecule has 0 bridgehead atoms. The third kappa shape index (κ3) is 3.52. The van der Waals surface area contributed by atoms with Crippen LogP contribution in [0.3, 0.4) is 0 Å². The Kier molecular flexibility index (Phi) is 4.51. The van der Waals surface area contributed by atoms with Crippen molar-refractivity contribution in [3.8, 4) is 5.75 Å². The van der Waals surface area contributed by atoms with E-state index in [0.717, 1.165) is 11.3 Å². The minimum atomic E-state index is -0.599. The van der Waals surface area contributed by atoms with Crippen molar-refractivity contribution in [2.75, 3.05) is 12.4 Å². The van der Waals surface area contributed by atoms with Gasteiger partial charge in [0, 0.05) is 12.2 Å². The van der Waals surface area contributed by atoms with Gasteiger partial charge >= 0.3 is 0 Å². The number of methoxy groups -OCH3 is 1. The van der Waals surface area contributed by atoms with Gasteiger partial charge in [-0.3, -0.25) is 0 Å². The summed E-state index contributed by atoms with van der Waals surface area (Å²) in [7, 11) is 1.62. The van der Waals surface area contributed by atoms with Crippen molar-refractivity contribution in [1.29, 1.82) is 0 Å². The standard InChI is InChI=1S/C14H12Cl2FNO/c1-19-11-4-2-9(3-5-11)8-18-10-6-12(15)14(17)13(16)7-10/h2-7,18H,8H2,1H3. The maximum atomic E-state index is 13.3. The molecule has 0 aliphatic rings. The second kappa shape index (κ2) is 6.13. The lowest BCUT2D eigenvalue weighted by Gasteiger charge is -2.09. The predicted octanol–water partition coefficient (Wildman–Crippen LogP) is 4.75. The van der Waals surface area contributed by atoms with E-state index in [1.807, 2.05) is 24.3 Å². The van der Waals surface area contributed by atoms with Crippen molar-refractivity contribution in [2.45, 2.75) is 6.54 Å². The van der Waals surface area contributed by atoms with Crippen LogP contribution in [0.2, 0.25) is 10.0 Å². The second-order valence-electron chi connectivity index (χ2n) is 3.96. The molecule has 100 valence electrons. The van der Waals surface area contributed by atoms with E-state index in [1.165, 1.54) is 12.1 Å². The summed E-state index contributed by atoms with van der Waals surface area (Å²) >= 11 is 11.4. The maximum absolute atomic E-state index is 13.3. The van der Waals surface area contributed by atoms with Crippen LogP contribution in [0.1, 0.15) is 5.56 Å². The number of rotatable bonds is 4. The zero-order valence-corrected chi connectivity index (χ0v) is 11.7. The zero-order valence-electron chi connectivity index (χ0n) is 10.2. The largest absolute Gasteiger partial charge is 0.497 e. The van der Waals surface area contributed by atoms with E-state index in [0.29, 0.717) is 12.2 Å². The van der Waals surface area contributed by atoms with Crippen LogP contribution in [0.25, 0.3) is 0 Å². The molecular weight excluding hydrogens is 288 g/mol. The highest BCUT2D eigenvalue weighted by molar-refractivity contribution is 6.35.